The first-order valence-corrected chi connectivity index (χ1v) is 8.14. The summed E-state index contributed by atoms with van der Waals surface area (Å²) in [4.78, 5) is 16.0. The number of aromatic nitrogens is 1. The number of amides is 2. The number of anilines is 2. The molecule has 1 aliphatic carbocycles. The largest absolute Gasteiger partial charge is 0.496 e. The molecule has 0 atom stereocenters. The first-order valence-electron chi connectivity index (χ1n) is 8.14. The predicted molar refractivity (Wildman–Crippen MR) is 94.6 cm³/mol. The summed E-state index contributed by atoms with van der Waals surface area (Å²) in [7, 11) is 1.68. The van der Waals surface area contributed by atoms with Crippen molar-refractivity contribution in [3.05, 3.63) is 48.2 Å². The molecule has 1 fully saturated rings. The van der Waals surface area contributed by atoms with E-state index in [2.05, 4.69) is 27.0 Å². The number of nitrogens with one attached hydrogen (secondary N) is 3. The number of hydrogen-bond acceptors (Lipinski definition) is 4. The number of ether oxygens (including phenoxy) is 1. The number of urea groups is 1. The third-order valence-electron chi connectivity index (χ3n) is 3.83. The minimum atomic E-state index is -0.170. The Balaban J connectivity index is 1.46. The fourth-order valence-electron chi connectivity index (χ4n) is 2.39. The Morgan fingerprint density at radius 2 is 2.08 bits per heavy atom. The third-order valence-corrected chi connectivity index (χ3v) is 3.83. The molecule has 126 valence electrons. The molecule has 6 nitrogen and oxygen atoms in total. The maximum Gasteiger partial charge on any atom is 0.319 e. The second-order valence-corrected chi connectivity index (χ2v) is 5.79. The Morgan fingerprint density at radius 1 is 1.25 bits per heavy atom. The standard InChI is InChI=1S/C18H22N4O2/c1-24-16-5-3-2-4-13(16)10-11-19-17-9-8-15(12-20-17)22-18(23)21-14-6-7-14/h2-5,8-9,12,14H,6-7,10-11H2,1H3,(H,19,20)(H2,21,22,23). The minimum absolute atomic E-state index is 0.170. The van der Waals surface area contributed by atoms with Gasteiger partial charge in [-0.1, -0.05) is 18.2 Å². The van der Waals surface area contributed by atoms with Gasteiger partial charge >= 0.3 is 6.03 Å². The Labute approximate surface area is 141 Å². The SMILES string of the molecule is COc1ccccc1CCNc1ccc(NC(=O)NC2CC2)cn1. The van der Waals surface area contributed by atoms with Crippen LogP contribution in [0.4, 0.5) is 16.3 Å². The monoisotopic (exact) mass is 326 g/mol. The van der Waals surface area contributed by atoms with Gasteiger partial charge in [-0.05, 0) is 43.0 Å². The molecule has 1 saturated carbocycles. The fraction of sp³-hybridized carbons (Fsp3) is 0.333. The number of methoxy groups -OCH3 is 1. The lowest BCUT2D eigenvalue weighted by Gasteiger charge is -2.10. The van der Waals surface area contributed by atoms with Crippen LogP contribution < -0.4 is 20.7 Å². The quantitative estimate of drug-likeness (QED) is 0.731. The summed E-state index contributed by atoms with van der Waals surface area (Å²) in [6.45, 7) is 0.752. The van der Waals surface area contributed by atoms with Crippen LogP contribution in [0.3, 0.4) is 0 Å². The van der Waals surface area contributed by atoms with E-state index in [0.717, 1.165) is 42.9 Å². The highest BCUT2D eigenvalue weighted by molar-refractivity contribution is 5.89. The van der Waals surface area contributed by atoms with Gasteiger partial charge in [0.2, 0.25) is 0 Å². The van der Waals surface area contributed by atoms with Crippen molar-refractivity contribution in [3.63, 3.8) is 0 Å². The highest BCUT2D eigenvalue weighted by Crippen LogP contribution is 2.19. The van der Waals surface area contributed by atoms with Gasteiger partial charge in [-0.3, -0.25) is 0 Å². The maximum absolute atomic E-state index is 11.7. The van der Waals surface area contributed by atoms with E-state index in [1.54, 1.807) is 13.3 Å². The number of carbonyl (C=O) groups excluding carboxylic acids is 1. The van der Waals surface area contributed by atoms with E-state index in [4.69, 9.17) is 4.74 Å². The molecule has 0 saturated heterocycles. The van der Waals surface area contributed by atoms with Crippen LogP contribution in [-0.4, -0.2) is 30.7 Å². The molecule has 3 N–H and O–H groups in total. The third kappa shape index (κ3) is 4.62. The van der Waals surface area contributed by atoms with Crippen molar-refractivity contribution >= 4 is 17.5 Å². The first kappa shape index (κ1) is 16.1. The molecule has 1 aromatic carbocycles. The van der Waals surface area contributed by atoms with E-state index in [1.807, 2.05) is 30.3 Å². The van der Waals surface area contributed by atoms with E-state index in [-0.39, 0.29) is 6.03 Å². The number of nitrogens with zero attached hydrogens (tertiary/aromatic N) is 1. The van der Waals surface area contributed by atoms with E-state index >= 15 is 0 Å². The molecule has 6 heteroatoms. The summed E-state index contributed by atoms with van der Waals surface area (Å²) < 4.78 is 5.34. The lowest BCUT2D eigenvalue weighted by molar-refractivity contribution is 0.251. The molecule has 0 aliphatic heterocycles. The van der Waals surface area contributed by atoms with Gasteiger partial charge in [0, 0.05) is 12.6 Å². The van der Waals surface area contributed by atoms with Gasteiger partial charge in [-0.25, -0.2) is 9.78 Å². The van der Waals surface area contributed by atoms with E-state index in [0.29, 0.717) is 11.7 Å². The molecule has 1 heterocycles. The van der Waals surface area contributed by atoms with Gasteiger partial charge in [-0.2, -0.15) is 0 Å². The fourth-order valence-corrected chi connectivity index (χ4v) is 2.39. The van der Waals surface area contributed by atoms with Crippen molar-refractivity contribution in [1.29, 1.82) is 0 Å². The molecule has 1 aromatic heterocycles. The number of para-hydroxylation sites is 1. The topological polar surface area (TPSA) is 75.3 Å². The van der Waals surface area contributed by atoms with Crippen molar-refractivity contribution in [2.45, 2.75) is 25.3 Å². The summed E-state index contributed by atoms with van der Waals surface area (Å²) in [5.41, 5.74) is 1.84. The van der Waals surface area contributed by atoms with Gasteiger partial charge < -0.3 is 20.7 Å². The average Bonchev–Trinajstić information content (AvgIpc) is 3.40. The van der Waals surface area contributed by atoms with Gasteiger partial charge in [0.15, 0.2) is 0 Å². The van der Waals surface area contributed by atoms with Crippen molar-refractivity contribution in [2.24, 2.45) is 0 Å². The highest BCUT2D eigenvalue weighted by Gasteiger charge is 2.23. The van der Waals surface area contributed by atoms with Crippen molar-refractivity contribution in [2.75, 3.05) is 24.3 Å². The summed E-state index contributed by atoms with van der Waals surface area (Å²) in [6.07, 6.45) is 4.63. The van der Waals surface area contributed by atoms with Crippen LogP contribution in [0.15, 0.2) is 42.6 Å². The van der Waals surface area contributed by atoms with Crippen molar-refractivity contribution in [3.8, 4) is 5.75 Å². The van der Waals surface area contributed by atoms with E-state index in [1.165, 1.54) is 0 Å². The second kappa shape index (κ2) is 7.68. The van der Waals surface area contributed by atoms with Crippen LogP contribution in [0.2, 0.25) is 0 Å². The normalized spacial score (nSPS) is 13.2. The smallest absolute Gasteiger partial charge is 0.319 e. The number of benzene rings is 1. The van der Waals surface area contributed by atoms with Gasteiger partial charge in [0.25, 0.3) is 0 Å². The zero-order valence-electron chi connectivity index (χ0n) is 13.7. The van der Waals surface area contributed by atoms with Gasteiger partial charge in [0.1, 0.15) is 11.6 Å². The summed E-state index contributed by atoms with van der Waals surface area (Å²) in [5.74, 6) is 1.67. The van der Waals surface area contributed by atoms with Crippen LogP contribution in [-0.2, 0) is 6.42 Å². The van der Waals surface area contributed by atoms with Gasteiger partial charge in [-0.15, -0.1) is 0 Å². The lowest BCUT2D eigenvalue weighted by atomic mass is 10.1. The molecule has 2 amide bonds. The molecule has 3 rings (SSSR count). The van der Waals surface area contributed by atoms with E-state index in [9.17, 15) is 4.79 Å². The van der Waals surface area contributed by atoms with Crippen molar-refractivity contribution in [1.82, 2.24) is 10.3 Å². The Morgan fingerprint density at radius 3 is 2.79 bits per heavy atom. The average molecular weight is 326 g/mol. The maximum atomic E-state index is 11.7. The molecular weight excluding hydrogens is 304 g/mol. The zero-order valence-corrected chi connectivity index (χ0v) is 13.7. The highest BCUT2D eigenvalue weighted by atomic mass is 16.5. The van der Waals surface area contributed by atoms with E-state index < -0.39 is 0 Å². The minimum Gasteiger partial charge on any atom is -0.496 e. The van der Waals surface area contributed by atoms with Crippen LogP contribution >= 0.6 is 0 Å². The zero-order chi connectivity index (χ0) is 16.8. The number of carbonyl (C=O) groups is 1. The predicted octanol–water partition coefficient (Wildman–Crippen LogP) is 3.03. The number of pyridine rings is 1. The van der Waals surface area contributed by atoms with Gasteiger partial charge in [0.05, 0.1) is 19.0 Å². The van der Waals surface area contributed by atoms with Crippen LogP contribution in [0, 0.1) is 0 Å². The molecule has 0 bridgehead atoms. The molecule has 0 radical (unpaired) electrons. The molecule has 2 aromatic rings. The Hall–Kier alpha value is -2.76. The molecule has 24 heavy (non-hydrogen) atoms. The Kier molecular flexibility index (Phi) is 5.15. The molecule has 0 unspecified atom stereocenters. The number of rotatable bonds is 7. The molecule has 0 spiro atoms. The molecule has 1 aliphatic rings. The van der Waals surface area contributed by atoms with Crippen molar-refractivity contribution < 1.29 is 9.53 Å². The summed E-state index contributed by atoms with van der Waals surface area (Å²) >= 11 is 0. The Bertz CT molecular complexity index is 684. The summed E-state index contributed by atoms with van der Waals surface area (Å²) in [5, 5.41) is 8.93. The molecular formula is C18H22N4O2. The van der Waals surface area contributed by atoms with Crippen LogP contribution in [0.25, 0.3) is 0 Å². The lowest BCUT2D eigenvalue weighted by Crippen LogP contribution is -2.30. The van der Waals surface area contributed by atoms with Crippen LogP contribution in [0.5, 0.6) is 5.75 Å². The first-order chi connectivity index (χ1) is 11.7. The van der Waals surface area contributed by atoms with Crippen LogP contribution in [0.1, 0.15) is 18.4 Å². The number of hydrogen-bond donors (Lipinski definition) is 3. The second-order valence-electron chi connectivity index (χ2n) is 5.79. The summed E-state index contributed by atoms with van der Waals surface area (Å²) in [6, 6.07) is 11.8.